The van der Waals surface area contributed by atoms with Gasteiger partial charge in [-0.05, 0) is 31.7 Å². The smallest absolute Gasteiger partial charge is 0.320 e. The third-order valence-corrected chi connectivity index (χ3v) is 2.81. The molecule has 2 N–H and O–H groups in total. The maximum Gasteiger partial charge on any atom is 0.320 e. The fourth-order valence-electron chi connectivity index (χ4n) is 1.56. The van der Waals surface area contributed by atoms with E-state index in [2.05, 4.69) is 20.8 Å². The molecule has 0 bridgehead atoms. The van der Waals surface area contributed by atoms with Gasteiger partial charge in [-0.25, -0.2) is 4.39 Å². The molecule has 0 aliphatic carbocycles. The zero-order chi connectivity index (χ0) is 13.8. The molecule has 0 aliphatic rings. The lowest BCUT2D eigenvalue weighted by Gasteiger charge is -2.06. The number of hydrogen-bond donors (Lipinski definition) is 2. The Morgan fingerprint density at radius 3 is 2.89 bits per heavy atom. The van der Waals surface area contributed by atoms with Gasteiger partial charge in [-0.15, -0.1) is 5.10 Å². The summed E-state index contributed by atoms with van der Waals surface area (Å²) in [6.45, 7) is 4.71. The number of aromatic nitrogens is 2. The standard InChI is InChI=1S/C12H14ClFN4O/c1-3-15-7(2)11-17-18-12(19-11)16-10-5-4-8(14)6-9(10)13/h4-7,15H,3H2,1-2H3,(H,16,18). The van der Waals surface area contributed by atoms with E-state index in [-0.39, 0.29) is 17.1 Å². The Balaban J connectivity index is 2.11. The molecule has 0 spiro atoms. The molecular formula is C12H14ClFN4O. The molecule has 0 aliphatic heterocycles. The van der Waals surface area contributed by atoms with Gasteiger partial charge in [0.1, 0.15) is 5.82 Å². The van der Waals surface area contributed by atoms with Gasteiger partial charge in [-0.3, -0.25) is 0 Å². The number of anilines is 2. The van der Waals surface area contributed by atoms with Crippen LogP contribution in [0.4, 0.5) is 16.1 Å². The van der Waals surface area contributed by atoms with Crippen molar-refractivity contribution in [3.63, 3.8) is 0 Å². The van der Waals surface area contributed by atoms with E-state index >= 15 is 0 Å². The summed E-state index contributed by atoms with van der Waals surface area (Å²) in [5.41, 5.74) is 0.509. The molecular weight excluding hydrogens is 271 g/mol. The van der Waals surface area contributed by atoms with Gasteiger partial charge in [0.2, 0.25) is 5.89 Å². The molecule has 0 saturated heterocycles. The summed E-state index contributed by atoms with van der Waals surface area (Å²) in [4.78, 5) is 0. The molecule has 19 heavy (non-hydrogen) atoms. The van der Waals surface area contributed by atoms with Crippen molar-refractivity contribution in [3.05, 3.63) is 34.9 Å². The summed E-state index contributed by atoms with van der Waals surface area (Å²) in [6.07, 6.45) is 0. The molecule has 1 unspecified atom stereocenters. The average molecular weight is 285 g/mol. The van der Waals surface area contributed by atoms with Crippen molar-refractivity contribution in [2.24, 2.45) is 0 Å². The van der Waals surface area contributed by atoms with Crippen LogP contribution in [0.5, 0.6) is 0 Å². The summed E-state index contributed by atoms with van der Waals surface area (Å²) < 4.78 is 18.3. The van der Waals surface area contributed by atoms with Crippen LogP contribution in [0.1, 0.15) is 25.8 Å². The Morgan fingerprint density at radius 2 is 2.21 bits per heavy atom. The molecule has 2 aromatic rings. The van der Waals surface area contributed by atoms with Crippen LogP contribution in [-0.2, 0) is 0 Å². The number of benzene rings is 1. The third kappa shape index (κ3) is 3.42. The fourth-order valence-corrected chi connectivity index (χ4v) is 1.77. The van der Waals surface area contributed by atoms with Gasteiger partial charge in [0.25, 0.3) is 0 Å². The van der Waals surface area contributed by atoms with E-state index in [1.807, 2.05) is 13.8 Å². The monoisotopic (exact) mass is 284 g/mol. The highest BCUT2D eigenvalue weighted by Gasteiger charge is 2.13. The second kappa shape index (κ2) is 5.99. The van der Waals surface area contributed by atoms with Crippen LogP contribution in [-0.4, -0.2) is 16.7 Å². The van der Waals surface area contributed by atoms with Crippen LogP contribution in [0.3, 0.4) is 0 Å². The highest BCUT2D eigenvalue weighted by molar-refractivity contribution is 6.33. The lowest BCUT2D eigenvalue weighted by molar-refractivity contribution is 0.430. The molecule has 1 aromatic heterocycles. The molecule has 1 heterocycles. The van der Waals surface area contributed by atoms with Crippen molar-refractivity contribution < 1.29 is 8.81 Å². The summed E-state index contributed by atoms with van der Waals surface area (Å²) in [5.74, 6) is 0.0742. The first-order chi connectivity index (χ1) is 9.10. The Bertz CT molecular complexity index is 560. The zero-order valence-electron chi connectivity index (χ0n) is 10.6. The molecule has 2 rings (SSSR count). The molecule has 1 aromatic carbocycles. The summed E-state index contributed by atoms with van der Waals surface area (Å²) in [5, 5.41) is 14.0. The van der Waals surface area contributed by atoms with Gasteiger partial charge in [0, 0.05) is 0 Å². The first kappa shape index (κ1) is 13.8. The Labute approximate surface area is 115 Å². The predicted molar refractivity (Wildman–Crippen MR) is 71.1 cm³/mol. The number of nitrogens with one attached hydrogen (secondary N) is 2. The van der Waals surface area contributed by atoms with Crippen molar-refractivity contribution in [2.45, 2.75) is 19.9 Å². The van der Waals surface area contributed by atoms with Crippen LogP contribution < -0.4 is 10.6 Å². The Morgan fingerprint density at radius 1 is 1.42 bits per heavy atom. The minimum Gasteiger partial charge on any atom is -0.406 e. The molecule has 0 amide bonds. The van der Waals surface area contributed by atoms with Crippen molar-refractivity contribution in [3.8, 4) is 0 Å². The van der Waals surface area contributed by atoms with Crippen molar-refractivity contribution in [1.82, 2.24) is 15.5 Å². The molecule has 0 fully saturated rings. The van der Waals surface area contributed by atoms with Crippen LogP contribution in [0, 0.1) is 5.82 Å². The summed E-state index contributed by atoms with van der Waals surface area (Å²) >= 11 is 5.89. The average Bonchev–Trinajstić information content (AvgIpc) is 2.82. The SMILES string of the molecule is CCNC(C)c1nnc(Nc2ccc(F)cc2Cl)o1. The highest BCUT2D eigenvalue weighted by Crippen LogP contribution is 2.26. The molecule has 0 saturated carbocycles. The predicted octanol–water partition coefficient (Wildman–Crippen LogP) is 3.28. The van der Waals surface area contributed by atoms with Gasteiger partial charge in [-0.1, -0.05) is 23.6 Å². The van der Waals surface area contributed by atoms with E-state index in [1.165, 1.54) is 18.2 Å². The third-order valence-electron chi connectivity index (χ3n) is 2.49. The minimum absolute atomic E-state index is 0.0308. The lowest BCUT2D eigenvalue weighted by atomic mass is 10.3. The normalized spacial score (nSPS) is 12.4. The van der Waals surface area contributed by atoms with Crippen molar-refractivity contribution in [2.75, 3.05) is 11.9 Å². The van der Waals surface area contributed by atoms with Gasteiger partial charge in [0.15, 0.2) is 0 Å². The van der Waals surface area contributed by atoms with Crippen molar-refractivity contribution in [1.29, 1.82) is 0 Å². The van der Waals surface area contributed by atoms with Crippen LogP contribution >= 0.6 is 11.6 Å². The summed E-state index contributed by atoms with van der Waals surface area (Å²) in [6, 6.07) is 4.20. The maximum absolute atomic E-state index is 12.9. The van der Waals surface area contributed by atoms with E-state index in [1.54, 1.807) is 0 Å². The van der Waals surface area contributed by atoms with E-state index in [9.17, 15) is 4.39 Å². The molecule has 0 radical (unpaired) electrons. The fraction of sp³-hybridized carbons (Fsp3) is 0.333. The number of hydrogen-bond acceptors (Lipinski definition) is 5. The molecule has 102 valence electrons. The summed E-state index contributed by atoms with van der Waals surface area (Å²) in [7, 11) is 0. The maximum atomic E-state index is 12.9. The lowest BCUT2D eigenvalue weighted by Crippen LogP contribution is -2.17. The first-order valence-electron chi connectivity index (χ1n) is 5.89. The quantitative estimate of drug-likeness (QED) is 0.882. The Hall–Kier alpha value is -1.66. The number of rotatable bonds is 5. The molecule has 5 nitrogen and oxygen atoms in total. The van der Waals surface area contributed by atoms with Gasteiger partial charge in [-0.2, -0.15) is 0 Å². The van der Waals surface area contributed by atoms with E-state index < -0.39 is 5.82 Å². The van der Waals surface area contributed by atoms with Crippen LogP contribution in [0.25, 0.3) is 0 Å². The molecule has 7 heteroatoms. The van der Waals surface area contributed by atoms with E-state index in [4.69, 9.17) is 16.0 Å². The first-order valence-corrected chi connectivity index (χ1v) is 6.26. The topological polar surface area (TPSA) is 63.0 Å². The minimum atomic E-state index is -0.400. The van der Waals surface area contributed by atoms with Gasteiger partial charge < -0.3 is 15.1 Å². The zero-order valence-corrected chi connectivity index (χ0v) is 11.3. The van der Waals surface area contributed by atoms with E-state index in [0.29, 0.717) is 11.6 Å². The number of nitrogens with zero attached hydrogens (tertiary/aromatic N) is 2. The van der Waals surface area contributed by atoms with E-state index in [0.717, 1.165) is 6.54 Å². The van der Waals surface area contributed by atoms with Gasteiger partial charge >= 0.3 is 6.01 Å². The van der Waals surface area contributed by atoms with Gasteiger partial charge in [0.05, 0.1) is 16.8 Å². The second-order valence-electron chi connectivity index (χ2n) is 3.97. The second-order valence-corrected chi connectivity index (χ2v) is 4.38. The van der Waals surface area contributed by atoms with Crippen LogP contribution in [0.15, 0.2) is 22.6 Å². The Kier molecular flexibility index (Phi) is 4.34. The molecule has 1 atom stereocenters. The number of halogens is 2. The van der Waals surface area contributed by atoms with Crippen molar-refractivity contribution >= 4 is 23.3 Å². The highest BCUT2D eigenvalue weighted by atomic mass is 35.5. The largest absolute Gasteiger partial charge is 0.406 e. The van der Waals surface area contributed by atoms with Crippen LogP contribution in [0.2, 0.25) is 5.02 Å².